The van der Waals surface area contributed by atoms with Gasteiger partial charge in [0, 0.05) is 12.1 Å². The lowest BCUT2D eigenvalue weighted by Crippen LogP contribution is -2.31. The van der Waals surface area contributed by atoms with Crippen molar-refractivity contribution in [1.82, 2.24) is 19.7 Å². The zero-order valence-electron chi connectivity index (χ0n) is 17.9. The largest absolute Gasteiger partial charge is 0.481 e. The fourth-order valence-electron chi connectivity index (χ4n) is 3.02. The number of benzene rings is 1. The van der Waals surface area contributed by atoms with Gasteiger partial charge in [0.25, 0.3) is 11.5 Å². The number of hydrogen-bond acceptors (Lipinski definition) is 6. The first kappa shape index (κ1) is 21.1. The van der Waals surface area contributed by atoms with Gasteiger partial charge in [-0.3, -0.25) is 14.6 Å². The van der Waals surface area contributed by atoms with E-state index in [1.807, 2.05) is 32.0 Å². The first-order valence-corrected chi connectivity index (χ1v) is 10.2. The Morgan fingerprint density at radius 2 is 1.91 bits per heavy atom. The predicted octanol–water partition coefficient (Wildman–Crippen LogP) is 3.75. The topological polar surface area (TPSA) is 115 Å². The van der Waals surface area contributed by atoms with E-state index in [1.165, 1.54) is 17.0 Å². The number of para-hydroxylation sites is 1. The number of rotatable bonds is 7. The second-order valence-corrected chi connectivity index (χ2v) is 7.51. The summed E-state index contributed by atoms with van der Waals surface area (Å²) in [7, 11) is 0. The van der Waals surface area contributed by atoms with Crippen LogP contribution in [0.25, 0.3) is 17.4 Å². The van der Waals surface area contributed by atoms with Gasteiger partial charge in [0.15, 0.2) is 11.9 Å². The monoisotopic (exact) mass is 433 g/mol. The van der Waals surface area contributed by atoms with Crippen molar-refractivity contribution in [3.63, 3.8) is 0 Å². The summed E-state index contributed by atoms with van der Waals surface area (Å²) in [6.45, 7) is 5.53. The van der Waals surface area contributed by atoms with Crippen LogP contribution < -0.4 is 15.6 Å². The highest BCUT2D eigenvalue weighted by atomic mass is 16.5. The highest BCUT2D eigenvalue weighted by Gasteiger charge is 2.21. The van der Waals surface area contributed by atoms with Crippen LogP contribution in [-0.2, 0) is 4.79 Å². The number of nitrogens with zero attached hydrogens (tertiary/aromatic N) is 3. The standard InChI is InChI=1S/C23H23N5O4/c1-14(2)17-13-21(29)26-23(24-17)28-20(12-18(27-28)19-10-7-11-31-19)25-22(30)15(3)32-16-8-5-4-6-9-16/h4-15H,1-3H3,(H,25,30)(H,24,26,29)/t15-/m1/s1. The van der Waals surface area contributed by atoms with Gasteiger partial charge in [-0.1, -0.05) is 32.0 Å². The summed E-state index contributed by atoms with van der Waals surface area (Å²) in [6.07, 6.45) is 0.754. The fraction of sp³-hybridized carbons (Fsp3) is 0.217. The van der Waals surface area contributed by atoms with Crippen LogP contribution in [0.4, 0.5) is 5.82 Å². The maximum Gasteiger partial charge on any atom is 0.266 e. The van der Waals surface area contributed by atoms with E-state index in [0.717, 1.165) is 0 Å². The van der Waals surface area contributed by atoms with Crippen LogP contribution in [0.2, 0.25) is 0 Å². The molecule has 0 saturated heterocycles. The number of aromatic amines is 1. The Hall–Kier alpha value is -4.14. The van der Waals surface area contributed by atoms with E-state index in [0.29, 0.717) is 28.7 Å². The van der Waals surface area contributed by atoms with Crippen molar-refractivity contribution in [3.05, 3.63) is 76.9 Å². The maximum atomic E-state index is 12.8. The molecule has 164 valence electrons. The fourth-order valence-corrected chi connectivity index (χ4v) is 3.02. The summed E-state index contributed by atoms with van der Waals surface area (Å²) in [5.74, 6) is 1.24. The molecule has 0 aliphatic heterocycles. The first-order valence-electron chi connectivity index (χ1n) is 10.2. The molecule has 0 saturated carbocycles. The van der Waals surface area contributed by atoms with Crippen LogP contribution in [0.3, 0.4) is 0 Å². The molecule has 32 heavy (non-hydrogen) atoms. The van der Waals surface area contributed by atoms with Crippen molar-refractivity contribution in [1.29, 1.82) is 0 Å². The minimum Gasteiger partial charge on any atom is -0.481 e. The number of furan rings is 1. The maximum absolute atomic E-state index is 12.8. The van der Waals surface area contributed by atoms with Crippen molar-refractivity contribution in [2.24, 2.45) is 0 Å². The predicted molar refractivity (Wildman–Crippen MR) is 119 cm³/mol. The van der Waals surface area contributed by atoms with Gasteiger partial charge in [-0.05, 0) is 37.1 Å². The number of aromatic nitrogens is 4. The summed E-state index contributed by atoms with van der Waals surface area (Å²) >= 11 is 0. The number of anilines is 1. The molecule has 4 rings (SSSR count). The second kappa shape index (κ2) is 8.93. The molecule has 9 heteroatoms. The van der Waals surface area contributed by atoms with Crippen LogP contribution in [0.15, 0.2) is 70.1 Å². The summed E-state index contributed by atoms with van der Waals surface area (Å²) in [4.78, 5) is 32.2. The van der Waals surface area contributed by atoms with E-state index in [-0.39, 0.29) is 23.3 Å². The lowest BCUT2D eigenvalue weighted by molar-refractivity contribution is -0.122. The summed E-state index contributed by atoms with van der Waals surface area (Å²) in [5, 5.41) is 7.31. The molecule has 0 unspecified atom stereocenters. The SMILES string of the molecule is CC(C)c1cc(=O)[nH]c(-n2nc(-c3ccco3)cc2NC(=O)[C@@H](C)Oc2ccccc2)n1. The normalized spacial score (nSPS) is 12.0. The molecule has 0 radical (unpaired) electrons. The van der Waals surface area contributed by atoms with Gasteiger partial charge in [-0.2, -0.15) is 9.78 Å². The minimum absolute atomic E-state index is 0.0356. The molecular weight excluding hydrogens is 410 g/mol. The third kappa shape index (κ3) is 4.61. The lowest BCUT2D eigenvalue weighted by Gasteiger charge is -2.15. The molecule has 0 aliphatic rings. The highest BCUT2D eigenvalue weighted by Crippen LogP contribution is 2.25. The Bertz CT molecular complexity index is 1260. The van der Waals surface area contributed by atoms with Gasteiger partial charge in [0.1, 0.15) is 17.3 Å². The third-order valence-corrected chi connectivity index (χ3v) is 4.70. The Kier molecular flexibility index (Phi) is 5.89. The number of ether oxygens (including phenoxy) is 1. The molecule has 0 aliphatic carbocycles. The molecule has 0 spiro atoms. The van der Waals surface area contributed by atoms with Crippen LogP contribution in [0, 0.1) is 0 Å². The van der Waals surface area contributed by atoms with Crippen LogP contribution in [-0.4, -0.2) is 31.8 Å². The quantitative estimate of drug-likeness (QED) is 0.459. The molecule has 4 aromatic rings. The van der Waals surface area contributed by atoms with Crippen molar-refractivity contribution in [3.8, 4) is 23.2 Å². The van der Waals surface area contributed by atoms with Gasteiger partial charge in [-0.15, -0.1) is 0 Å². The minimum atomic E-state index is -0.776. The van der Waals surface area contributed by atoms with E-state index in [9.17, 15) is 9.59 Å². The van der Waals surface area contributed by atoms with Gasteiger partial charge in [0.2, 0.25) is 5.95 Å². The van der Waals surface area contributed by atoms with Gasteiger partial charge >= 0.3 is 0 Å². The highest BCUT2D eigenvalue weighted by molar-refractivity contribution is 5.94. The van der Waals surface area contributed by atoms with Crippen LogP contribution in [0.5, 0.6) is 5.75 Å². The van der Waals surface area contributed by atoms with Crippen molar-refractivity contribution < 1.29 is 13.9 Å². The molecule has 1 amide bonds. The number of carbonyl (C=O) groups is 1. The molecule has 2 N–H and O–H groups in total. The Morgan fingerprint density at radius 1 is 1.12 bits per heavy atom. The van der Waals surface area contributed by atoms with E-state index in [2.05, 4.69) is 20.4 Å². The Balaban J connectivity index is 1.68. The average molecular weight is 433 g/mol. The molecule has 1 atom stereocenters. The van der Waals surface area contributed by atoms with E-state index < -0.39 is 6.10 Å². The molecule has 0 fully saturated rings. The van der Waals surface area contributed by atoms with Gasteiger partial charge in [-0.25, -0.2) is 4.98 Å². The molecule has 3 aromatic heterocycles. The third-order valence-electron chi connectivity index (χ3n) is 4.70. The summed E-state index contributed by atoms with van der Waals surface area (Å²) in [5.41, 5.74) is 0.767. The molecule has 3 heterocycles. The molecule has 9 nitrogen and oxygen atoms in total. The van der Waals surface area contributed by atoms with Gasteiger partial charge in [0.05, 0.1) is 12.0 Å². The van der Waals surface area contributed by atoms with E-state index in [4.69, 9.17) is 9.15 Å². The Labute approximate surface area is 184 Å². The molecular formula is C23H23N5O4. The summed E-state index contributed by atoms with van der Waals surface area (Å²) in [6, 6.07) is 15.6. The van der Waals surface area contributed by atoms with Crippen molar-refractivity contribution in [2.75, 3.05) is 5.32 Å². The van der Waals surface area contributed by atoms with Crippen LogP contribution in [0.1, 0.15) is 32.4 Å². The van der Waals surface area contributed by atoms with Crippen molar-refractivity contribution >= 4 is 11.7 Å². The number of hydrogen-bond donors (Lipinski definition) is 2. The molecule has 1 aromatic carbocycles. The summed E-state index contributed by atoms with van der Waals surface area (Å²) < 4.78 is 12.5. The first-order chi connectivity index (χ1) is 15.4. The average Bonchev–Trinajstić information content (AvgIpc) is 3.44. The Morgan fingerprint density at radius 3 is 2.59 bits per heavy atom. The number of nitrogens with one attached hydrogen (secondary N) is 2. The number of H-pyrrole nitrogens is 1. The van der Waals surface area contributed by atoms with E-state index >= 15 is 0 Å². The molecule has 0 bridgehead atoms. The van der Waals surface area contributed by atoms with E-state index in [1.54, 1.807) is 37.3 Å². The zero-order valence-corrected chi connectivity index (χ0v) is 17.9. The van der Waals surface area contributed by atoms with Crippen molar-refractivity contribution in [2.45, 2.75) is 32.8 Å². The van der Waals surface area contributed by atoms with Crippen LogP contribution >= 0.6 is 0 Å². The zero-order chi connectivity index (χ0) is 22.7. The number of carbonyl (C=O) groups excluding carboxylic acids is 1. The lowest BCUT2D eigenvalue weighted by atomic mass is 10.1. The number of amides is 1. The second-order valence-electron chi connectivity index (χ2n) is 7.51. The smallest absolute Gasteiger partial charge is 0.266 e. The van der Waals surface area contributed by atoms with Gasteiger partial charge < -0.3 is 14.5 Å².